The summed E-state index contributed by atoms with van der Waals surface area (Å²) in [6.45, 7) is 10.8. The Kier molecular flexibility index (Phi) is 7.38. The molecule has 31 heavy (non-hydrogen) atoms. The van der Waals surface area contributed by atoms with Crippen molar-refractivity contribution in [3.8, 4) is 11.1 Å². The van der Waals surface area contributed by atoms with E-state index < -0.39 is 7.14 Å². The van der Waals surface area contributed by atoms with E-state index in [1.54, 1.807) is 13.3 Å². The van der Waals surface area contributed by atoms with Crippen LogP contribution in [0.5, 0.6) is 0 Å². The first kappa shape index (κ1) is 23.3. The molecule has 0 saturated heterocycles. The number of unbranched alkanes of at least 4 members (excludes halogenated alkanes) is 2. The maximum Gasteiger partial charge on any atom is 0.232 e. The number of benzene rings is 2. The molecule has 0 radical (unpaired) electrons. The monoisotopic (exact) mass is 439 g/mol. The van der Waals surface area contributed by atoms with Crippen LogP contribution in [0.3, 0.4) is 0 Å². The number of hydrogen-bond donors (Lipinski definition) is 1. The Labute approximate surface area is 186 Å². The second kappa shape index (κ2) is 9.82. The minimum absolute atomic E-state index is 0.0975. The van der Waals surface area contributed by atoms with Gasteiger partial charge in [0.25, 0.3) is 0 Å². The van der Waals surface area contributed by atoms with Gasteiger partial charge in [-0.25, -0.2) is 0 Å². The SMILES string of the molecule is CC(C)(C)c1nc(CCCCCNc2cccc(-c3ccc(P(C)(C)=O)cc3)c2)no1. The van der Waals surface area contributed by atoms with Gasteiger partial charge in [0, 0.05) is 29.4 Å². The second-order valence-corrected chi connectivity index (χ2v) is 12.7. The van der Waals surface area contributed by atoms with E-state index in [0.29, 0.717) is 5.89 Å². The zero-order valence-electron chi connectivity index (χ0n) is 19.3. The number of rotatable bonds is 9. The molecule has 0 bridgehead atoms. The fourth-order valence-corrected chi connectivity index (χ4v) is 4.17. The largest absolute Gasteiger partial charge is 0.385 e. The summed E-state index contributed by atoms with van der Waals surface area (Å²) in [7, 11) is -2.21. The smallest absolute Gasteiger partial charge is 0.232 e. The average molecular weight is 440 g/mol. The zero-order chi connectivity index (χ0) is 22.5. The van der Waals surface area contributed by atoms with E-state index >= 15 is 0 Å². The molecule has 1 N–H and O–H groups in total. The lowest BCUT2D eigenvalue weighted by Crippen LogP contribution is -2.11. The van der Waals surface area contributed by atoms with Gasteiger partial charge in [-0.15, -0.1) is 0 Å². The number of nitrogens with zero attached hydrogens (tertiary/aromatic N) is 2. The molecule has 0 saturated carbocycles. The molecule has 0 aliphatic rings. The summed E-state index contributed by atoms with van der Waals surface area (Å²) < 4.78 is 17.6. The van der Waals surface area contributed by atoms with E-state index in [1.165, 1.54) is 0 Å². The third-order valence-electron chi connectivity index (χ3n) is 5.20. The maximum atomic E-state index is 12.2. The Morgan fingerprint density at radius 1 is 0.968 bits per heavy atom. The molecule has 0 aliphatic heterocycles. The summed E-state index contributed by atoms with van der Waals surface area (Å²) >= 11 is 0. The molecular weight excluding hydrogens is 405 g/mol. The highest BCUT2D eigenvalue weighted by atomic mass is 31.2. The van der Waals surface area contributed by atoms with Crippen LogP contribution in [0.15, 0.2) is 53.1 Å². The molecule has 0 fully saturated rings. The normalized spacial score (nSPS) is 12.2. The fourth-order valence-electron chi connectivity index (χ4n) is 3.30. The molecule has 6 heteroatoms. The van der Waals surface area contributed by atoms with Gasteiger partial charge in [0.2, 0.25) is 5.89 Å². The van der Waals surface area contributed by atoms with Gasteiger partial charge in [-0.2, -0.15) is 4.98 Å². The number of hydrogen-bond acceptors (Lipinski definition) is 5. The molecule has 0 unspecified atom stereocenters. The second-order valence-electron chi connectivity index (χ2n) is 9.48. The minimum atomic E-state index is -2.21. The molecule has 0 atom stereocenters. The van der Waals surface area contributed by atoms with E-state index in [1.807, 2.05) is 12.1 Å². The predicted octanol–water partition coefficient (Wildman–Crippen LogP) is 6.11. The molecule has 3 rings (SSSR count). The van der Waals surface area contributed by atoms with Crippen LogP contribution in [-0.4, -0.2) is 30.0 Å². The number of aryl methyl sites for hydroxylation is 1. The van der Waals surface area contributed by atoms with E-state index in [-0.39, 0.29) is 5.41 Å². The van der Waals surface area contributed by atoms with Crippen LogP contribution in [0.2, 0.25) is 0 Å². The van der Waals surface area contributed by atoms with Gasteiger partial charge in [0.05, 0.1) is 0 Å². The van der Waals surface area contributed by atoms with Crippen molar-refractivity contribution in [2.45, 2.75) is 51.9 Å². The van der Waals surface area contributed by atoms with E-state index in [0.717, 1.165) is 60.2 Å². The van der Waals surface area contributed by atoms with Gasteiger partial charge < -0.3 is 14.4 Å². The van der Waals surface area contributed by atoms with Crippen LogP contribution in [0, 0.1) is 0 Å². The van der Waals surface area contributed by atoms with Crippen LogP contribution in [-0.2, 0) is 16.4 Å². The van der Waals surface area contributed by atoms with Gasteiger partial charge in [-0.3, -0.25) is 0 Å². The van der Waals surface area contributed by atoms with E-state index in [4.69, 9.17) is 4.52 Å². The summed E-state index contributed by atoms with van der Waals surface area (Å²) in [5.74, 6) is 1.51. The van der Waals surface area contributed by atoms with Crippen molar-refractivity contribution in [3.05, 3.63) is 60.2 Å². The van der Waals surface area contributed by atoms with Gasteiger partial charge in [0.1, 0.15) is 7.14 Å². The summed E-state index contributed by atoms with van der Waals surface area (Å²) in [4.78, 5) is 4.50. The number of anilines is 1. The molecule has 5 nitrogen and oxygen atoms in total. The third kappa shape index (κ3) is 6.80. The molecule has 2 aromatic carbocycles. The van der Waals surface area contributed by atoms with Crippen LogP contribution >= 0.6 is 7.14 Å². The Morgan fingerprint density at radius 2 is 1.71 bits per heavy atom. The quantitative estimate of drug-likeness (QED) is 0.322. The van der Waals surface area contributed by atoms with E-state index in [9.17, 15) is 4.57 Å². The van der Waals surface area contributed by atoms with Gasteiger partial charge in [-0.1, -0.05) is 68.7 Å². The molecule has 3 aromatic rings. The van der Waals surface area contributed by atoms with Crippen LogP contribution in [0.4, 0.5) is 5.69 Å². The molecule has 166 valence electrons. The zero-order valence-corrected chi connectivity index (χ0v) is 20.2. The topological polar surface area (TPSA) is 68.0 Å². The summed E-state index contributed by atoms with van der Waals surface area (Å²) in [6.07, 6.45) is 4.11. The molecular formula is C25H34N3O2P. The Balaban J connectivity index is 1.44. The molecule has 0 spiro atoms. The lowest BCUT2D eigenvalue weighted by atomic mass is 9.97. The molecule has 1 heterocycles. The highest BCUT2D eigenvalue weighted by Gasteiger charge is 2.21. The first-order chi connectivity index (χ1) is 14.6. The van der Waals surface area contributed by atoms with E-state index in [2.05, 4.69) is 72.6 Å². The molecule has 0 aliphatic carbocycles. The average Bonchev–Trinajstić information content (AvgIpc) is 3.20. The summed E-state index contributed by atoms with van der Waals surface area (Å²) in [5.41, 5.74) is 3.31. The highest BCUT2D eigenvalue weighted by Crippen LogP contribution is 2.35. The molecule has 1 aromatic heterocycles. The number of nitrogens with one attached hydrogen (secondary N) is 1. The predicted molar refractivity (Wildman–Crippen MR) is 130 cm³/mol. The van der Waals surface area contributed by atoms with Crippen molar-refractivity contribution in [2.75, 3.05) is 25.2 Å². The van der Waals surface area contributed by atoms with Crippen molar-refractivity contribution in [2.24, 2.45) is 0 Å². The standard InChI is InChI=1S/C25H34N3O2P/c1-25(2,3)24-27-23(28-30-24)12-7-6-8-17-26-21-11-9-10-20(18-21)19-13-15-22(16-14-19)31(4,5)29/h9-11,13-16,18,26H,6-8,12,17H2,1-5H3. The van der Waals surface area contributed by atoms with Crippen molar-refractivity contribution >= 4 is 18.1 Å². The summed E-state index contributed by atoms with van der Waals surface area (Å²) in [6, 6.07) is 16.5. The minimum Gasteiger partial charge on any atom is -0.385 e. The van der Waals surface area contributed by atoms with Gasteiger partial charge >= 0.3 is 0 Å². The first-order valence-corrected chi connectivity index (χ1v) is 13.6. The van der Waals surface area contributed by atoms with Crippen molar-refractivity contribution in [3.63, 3.8) is 0 Å². The summed E-state index contributed by atoms with van der Waals surface area (Å²) in [5, 5.41) is 8.52. The Hall–Kier alpha value is -2.39. The van der Waals surface area contributed by atoms with Crippen molar-refractivity contribution < 1.29 is 9.09 Å². The van der Waals surface area contributed by atoms with Gasteiger partial charge in [-0.05, 0) is 49.4 Å². The Morgan fingerprint density at radius 3 is 2.35 bits per heavy atom. The van der Waals surface area contributed by atoms with Crippen LogP contribution < -0.4 is 10.6 Å². The fraction of sp³-hybridized carbons (Fsp3) is 0.440. The van der Waals surface area contributed by atoms with Crippen molar-refractivity contribution in [1.82, 2.24) is 10.1 Å². The molecule has 0 amide bonds. The first-order valence-electron chi connectivity index (χ1n) is 11.0. The third-order valence-corrected chi connectivity index (χ3v) is 6.74. The lowest BCUT2D eigenvalue weighted by Gasteiger charge is -2.10. The lowest BCUT2D eigenvalue weighted by molar-refractivity contribution is 0.318. The maximum absolute atomic E-state index is 12.2. The number of aromatic nitrogens is 2. The van der Waals surface area contributed by atoms with Crippen LogP contribution in [0.1, 0.15) is 51.7 Å². The van der Waals surface area contributed by atoms with Gasteiger partial charge in [0.15, 0.2) is 5.82 Å². The van der Waals surface area contributed by atoms with Crippen LogP contribution in [0.25, 0.3) is 11.1 Å². The van der Waals surface area contributed by atoms with Crippen molar-refractivity contribution in [1.29, 1.82) is 0 Å². The Bertz CT molecular complexity index is 1030. The highest BCUT2D eigenvalue weighted by molar-refractivity contribution is 7.70.